The fourth-order valence-corrected chi connectivity index (χ4v) is 3.95. The van der Waals surface area contributed by atoms with Gasteiger partial charge in [0.25, 0.3) is 0 Å². The molecule has 1 unspecified atom stereocenters. The predicted octanol–water partition coefficient (Wildman–Crippen LogP) is 1.63. The Labute approximate surface area is 151 Å². The van der Waals surface area contributed by atoms with Crippen LogP contribution in [0.4, 0.5) is 11.8 Å². The van der Waals surface area contributed by atoms with Gasteiger partial charge < -0.3 is 16.4 Å². The molecule has 0 spiro atoms. The fraction of sp³-hybridized carbons (Fsp3) is 0.263. The molecule has 0 radical (unpaired) electrons. The molecule has 2 aromatic heterocycles. The summed E-state index contributed by atoms with van der Waals surface area (Å²) < 4.78 is 0. The van der Waals surface area contributed by atoms with Gasteiger partial charge in [-0.25, -0.2) is 4.98 Å². The van der Waals surface area contributed by atoms with E-state index in [1.807, 2.05) is 41.3 Å². The molecule has 2 atom stereocenters. The van der Waals surface area contributed by atoms with Gasteiger partial charge in [-0.1, -0.05) is 37.3 Å². The maximum absolute atomic E-state index is 12.5. The zero-order chi connectivity index (χ0) is 18.3. The highest BCUT2D eigenvalue weighted by molar-refractivity contribution is 5.92. The maximum Gasteiger partial charge on any atom is 0.241 e. The summed E-state index contributed by atoms with van der Waals surface area (Å²) in [7, 11) is 0. The van der Waals surface area contributed by atoms with Crippen molar-refractivity contribution in [2.75, 3.05) is 17.2 Å². The highest BCUT2D eigenvalue weighted by Gasteiger charge is 2.49. The van der Waals surface area contributed by atoms with Crippen LogP contribution in [0.3, 0.4) is 0 Å². The lowest BCUT2D eigenvalue weighted by Crippen LogP contribution is -2.50. The van der Waals surface area contributed by atoms with Crippen LogP contribution < -0.4 is 16.4 Å². The Morgan fingerprint density at radius 1 is 1.19 bits per heavy atom. The minimum absolute atomic E-state index is 0.150. The Kier molecular flexibility index (Phi) is 3.72. The molecule has 1 amide bonds. The van der Waals surface area contributed by atoms with Gasteiger partial charge in [-0.15, -0.1) is 0 Å². The second-order valence-corrected chi connectivity index (χ2v) is 6.81. The molecular weight excluding hydrogens is 328 g/mol. The van der Waals surface area contributed by atoms with Gasteiger partial charge in [0.2, 0.25) is 11.9 Å². The Hall–Kier alpha value is -3.22. The summed E-state index contributed by atoms with van der Waals surface area (Å²) in [6.07, 6.45) is 2.44. The number of nitrogens with zero attached hydrogens (tertiary/aromatic N) is 4. The monoisotopic (exact) mass is 348 g/mol. The van der Waals surface area contributed by atoms with E-state index in [-0.39, 0.29) is 5.95 Å². The first-order valence-corrected chi connectivity index (χ1v) is 8.50. The number of nitrogens with two attached hydrogens (primary N) is 2. The molecule has 7 heteroatoms. The predicted molar refractivity (Wildman–Crippen MR) is 100 cm³/mol. The number of anilines is 2. The number of primary amides is 1. The molecule has 7 nitrogen and oxygen atoms in total. The number of rotatable bonds is 3. The topological polar surface area (TPSA) is 111 Å². The third-order valence-electron chi connectivity index (χ3n) is 5.22. The van der Waals surface area contributed by atoms with Crippen molar-refractivity contribution < 1.29 is 4.79 Å². The molecule has 3 heterocycles. The second kappa shape index (κ2) is 5.94. The average molecular weight is 348 g/mol. The number of pyridine rings is 1. The summed E-state index contributed by atoms with van der Waals surface area (Å²) in [6, 6.07) is 13.0. The number of benzene rings is 1. The lowest BCUT2D eigenvalue weighted by molar-refractivity contribution is -0.120. The van der Waals surface area contributed by atoms with Crippen LogP contribution in [0.15, 0.2) is 48.7 Å². The molecule has 26 heavy (non-hydrogen) atoms. The number of amides is 1. The Morgan fingerprint density at radius 3 is 2.69 bits per heavy atom. The minimum atomic E-state index is -0.551. The maximum atomic E-state index is 12.5. The number of aromatic nitrogens is 3. The van der Waals surface area contributed by atoms with Crippen LogP contribution in [0.25, 0.3) is 11.0 Å². The molecule has 0 bridgehead atoms. The molecule has 3 aromatic rings. The van der Waals surface area contributed by atoms with Gasteiger partial charge in [-0.05, 0) is 24.1 Å². The first-order chi connectivity index (χ1) is 12.5. The quantitative estimate of drug-likeness (QED) is 0.744. The SMILES string of the molecule is C[C@]1(c2ccccc2)CCN(c2nc(N)nc3cccnc23)C1C(N)=O. The first kappa shape index (κ1) is 16.3. The van der Waals surface area contributed by atoms with Crippen molar-refractivity contribution >= 4 is 28.7 Å². The number of fused-ring (bicyclic) bond motifs is 1. The molecule has 0 aliphatic carbocycles. The molecule has 132 valence electrons. The van der Waals surface area contributed by atoms with Crippen molar-refractivity contribution in [3.05, 3.63) is 54.2 Å². The van der Waals surface area contributed by atoms with E-state index < -0.39 is 17.4 Å². The van der Waals surface area contributed by atoms with Gasteiger partial charge in [0.15, 0.2) is 5.82 Å². The van der Waals surface area contributed by atoms with Crippen LogP contribution in [-0.4, -0.2) is 33.4 Å². The van der Waals surface area contributed by atoms with Gasteiger partial charge in [-0.2, -0.15) is 4.98 Å². The molecule has 1 fully saturated rings. The lowest BCUT2D eigenvalue weighted by atomic mass is 9.75. The largest absolute Gasteiger partial charge is 0.368 e. The summed E-state index contributed by atoms with van der Waals surface area (Å²) in [5.41, 5.74) is 13.7. The molecule has 1 saturated heterocycles. The van der Waals surface area contributed by atoms with Gasteiger partial charge in [0.1, 0.15) is 11.6 Å². The van der Waals surface area contributed by atoms with Crippen molar-refractivity contribution in [2.45, 2.75) is 24.8 Å². The summed E-state index contributed by atoms with van der Waals surface area (Å²) in [4.78, 5) is 27.4. The van der Waals surface area contributed by atoms with Gasteiger partial charge >= 0.3 is 0 Å². The van der Waals surface area contributed by atoms with Gasteiger partial charge in [-0.3, -0.25) is 9.78 Å². The normalized spacial score (nSPS) is 22.7. The Bertz CT molecular complexity index is 976. The van der Waals surface area contributed by atoms with Crippen LogP contribution in [0.2, 0.25) is 0 Å². The summed E-state index contributed by atoms with van der Waals surface area (Å²) in [6.45, 7) is 2.69. The number of carbonyl (C=O) groups is 1. The number of carbonyl (C=O) groups excluding carboxylic acids is 1. The number of hydrogen-bond acceptors (Lipinski definition) is 6. The van der Waals surface area contributed by atoms with Crippen LogP contribution in [0.5, 0.6) is 0 Å². The third kappa shape index (κ3) is 2.44. The smallest absolute Gasteiger partial charge is 0.241 e. The molecule has 1 aromatic carbocycles. The van der Waals surface area contributed by atoms with Crippen LogP contribution in [-0.2, 0) is 10.2 Å². The summed E-state index contributed by atoms with van der Waals surface area (Å²) in [5.74, 6) is 0.309. The minimum Gasteiger partial charge on any atom is -0.368 e. The van der Waals surface area contributed by atoms with E-state index >= 15 is 0 Å². The number of hydrogen-bond donors (Lipinski definition) is 2. The Morgan fingerprint density at radius 2 is 1.96 bits per heavy atom. The second-order valence-electron chi connectivity index (χ2n) is 6.81. The van der Waals surface area contributed by atoms with Crippen molar-refractivity contribution in [3.8, 4) is 0 Å². The molecule has 1 aliphatic heterocycles. The van der Waals surface area contributed by atoms with E-state index in [1.165, 1.54) is 0 Å². The van der Waals surface area contributed by atoms with Crippen molar-refractivity contribution in [2.24, 2.45) is 5.73 Å². The van der Waals surface area contributed by atoms with Crippen molar-refractivity contribution in [1.82, 2.24) is 15.0 Å². The van der Waals surface area contributed by atoms with Crippen LogP contribution >= 0.6 is 0 Å². The van der Waals surface area contributed by atoms with Crippen molar-refractivity contribution in [3.63, 3.8) is 0 Å². The molecule has 4 rings (SSSR count). The van der Waals surface area contributed by atoms with Gasteiger partial charge in [0, 0.05) is 18.2 Å². The van der Waals surface area contributed by atoms with E-state index in [2.05, 4.69) is 21.9 Å². The molecule has 0 saturated carbocycles. The van der Waals surface area contributed by atoms with Gasteiger partial charge in [0.05, 0.1) is 5.52 Å². The zero-order valence-corrected chi connectivity index (χ0v) is 14.5. The highest BCUT2D eigenvalue weighted by atomic mass is 16.1. The fourth-order valence-electron chi connectivity index (χ4n) is 3.95. The molecule has 1 aliphatic rings. The standard InChI is InChI=1S/C19H20N6O/c1-19(12-6-3-2-4-7-12)9-11-25(15(19)16(20)26)17-14-13(8-5-10-22-14)23-18(21)24-17/h2-8,10,15H,9,11H2,1H3,(H2,20,26)(H2,21,23,24)/t15?,19-/m1/s1. The highest BCUT2D eigenvalue weighted by Crippen LogP contribution is 2.42. The average Bonchev–Trinajstić information content (AvgIpc) is 3.00. The van der Waals surface area contributed by atoms with E-state index in [1.54, 1.807) is 12.3 Å². The number of nitrogen functional groups attached to an aromatic ring is 1. The zero-order valence-electron chi connectivity index (χ0n) is 14.5. The van der Waals surface area contributed by atoms with E-state index in [4.69, 9.17) is 11.5 Å². The Balaban J connectivity index is 1.87. The van der Waals surface area contributed by atoms with E-state index in [0.717, 1.165) is 12.0 Å². The summed E-state index contributed by atoms with van der Waals surface area (Å²) in [5, 5.41) is 0. The molecule has 4 N–H and O–H groups in total. The first-order valence-electron chi connectivity index (χ1n) is 8.50. The third-order valence-corrected chi connectivity index (χ3v) is 5.22. The lowest BCUT2D eigenvalue weighted by Gasteiger charge is -2.34. The molecular formula is C19H20N6O. The van der Waals surface area contributed by atoms with Crippen molar-refractivity contribution in [1.29, 1.82) is 0 Å². The van der Waals surface area contributed by atoms with Crippen LogP contribution in [0, 0.1) is 0 Å². The van der Waals surface area contributed by atoms with E-state index in [0.29, 0.717) is 23.4 Å². The summed E-state index contributed by atoms with van der Waals surface area (Å²) >= 11 is 0. The van der Waals surface area contributed by atoms with E-state index in [9.17, 15) is 4.79 Å². The van der Waals surface area contributed by atoms with Crippen LogP contribution in [0.1, 0.15) is 18.9 Å².